The first kappa shape index (κ1) is 9.74. The minimum atomic E-state index is 0.374. The van der Waals surface area contributed by atoms with Crippen molar-refractivity contribution in [3.8, 4) is 11.8 Å². The molecule has 15 heavy (non-hydrogen) atoms. The predicted molar refractivity (Wildman–Crippen MR) is 57.7 cm³/mol. The van der Waals surface area contributed by atoms with Crippen LogP contribution >= 0.6 is 11.8 Å². The molecule has 0 saturated carbocycles. The molecule has 2 rings (SSSR count). The molecule has 0 radical (unpaired) electrons. The molecule has 0 atom stereocenters. The molecule has 0 N–H and O–H groups in total. The van der Waals surface area contributed by atoms with E-state index in [-0.39, 0.29) is 0 Å². The molecule has 0 aliphatic rings. The van der Waals surface area contributed by atoms with Crippen molar-refractivity contribution in [2.75, 3.05) is 5.75 Å². The molecule has 0 amide bonds. The number of rotatable bonds is 3. The van der Waals surface area contributed by atoms with Crippen LogP contribution in [-0.2, 0) is 0 Å². The Morgan fingerprint density at radius 2 is 2.13 bits per heavy atom. The normalized spacial score (nSPS) is 9.80. The van der Waals surface area contributed by atoms with Crippen molar-refractivity contribution in [3.05, 3.63) is 36.7 Å². The van der Waals surface area contributed by atoms with Gasteiger partial charge in [-0.1, -0.05) is 30.0 Å². The van der Waals surface area contributed by atoms with E-state index < -0.39 is 0 Å². The molecular formula is C10H8N4S. The topological polar surface area (TPSA) is 54.5 Å². The van der Waals surface area contributed by atoms with Gasteiger partial charge in [-0.25, -0.2) is 9.67 Å². The van der Waals surface area contributed by atoms with Gasteiger partial charge < -0.3 is 0 Å². The second-order valence-corrected chi connectivity index (χ2v) is 3.70. The van der Waals surface area contributed by atoms with Crippen LogP contribution in [0, 0.1) is 11.3 Å². The lowest BCUT2D eigenvalue weighted by Crippen LogP contribution is -1.93. The molecule has 1 aromatic heterocycles. The lowest BCUT2D eigenvalue weighted by atomic mass is 10.3. The summed E-state index contributed by atoms with van der Waals surface area (Å²) < 4.78 is 1.69. The average molecular weight is 216 g/mol. The van der Waals surface area contributed by atoms with Crippen molar-refractivity contribution >= 4 is 11.8 Å². The summed E-state index contributed by atoms with van der Waals surface area (Å²) in [5, 5.41) is 13.3. The largest absolute Gasteiger partial charge is 0.220 e. The van der Waals surface area contributed by atoms with Crippen LogP contribution in [0.1, 0.15) is 0 Å². The van der Waals surface area contributed by atoms with Gasteiger partial charge in [-0.05, 0) is 12.1 Å². The van der Waals surface area contributed by atoms with Crippen molar-refractivity contribution in [3.63, 3.8) is 0 Å². The van der Waals surface area contributed by atoms with Gasteiger partial charge in [0.1, 0.15) is 6.33 Å². The molecule has 0 saturated heterocycles. The Bertz CT molecular complexity index is 472. The molecule has 0 unspecified atom stereocenters. The van der Waals surface area contributed by atoms with E-state index in [1.54, 1.807) is 11.0 Å². The minimum absolute atomic E-state index is 0.374. The molecule has 0 spiro atoms. The van der Waals surface area contributed by atoms with Gasteiger partial charge in [0.05, 0.1) is 17.5 Å². The highest BCUT2D eigenvalue weighted by Gasteiger charge is 2.01. The molecule has 0 aliphatic carbocycles. The maximum Gasteiger partial charge on any atom is 0.209 e. The Kier molecular flexibility index (Phi) is 3.00. The van der Waals surface area contributed by atoms with Gasteiger partial charge >= 0.3 is 0 Å². The first-order chi connectivity index (χ1) is 7.40. The quantitative estimate of drug-likeness (QED) is 0.735. The molecular weight excluding hydrogens is 208 g/mol. The number of thioether (sulfide) groups is 1. The number of benzene rings is 1. The maximum absolute atomic E-state index is 8.42. The summed E-state index contributed by atoms with van der Waals surface area (Å²) in [6.07, 6.45) is 1.65. The fourth-order valence-corrected chi connectivity index (χ4v) is 1.58. The Balaban J connectivity index is 2.18. The first-order valence-corrected chi connectivity index (χ1v) is 5.35. The summed E-state index contributed by atoms with van der Waals surface area (Å²) in [6.45, 7) is 0. The van der Waals surface area contributed by atoms with Gasteiger partial charge in [0.2, 0.25) is 5.16 Å². The monoisotopic (exact) mass is 216 g/mol. The molecule has 1 heterocycles. The van der Waals surface area contributed by atoms with Crippen molar-refractivity contribution in [1.82, 2.24) is 14.8 Å². The van der Waals surface area contributed by atoms with E-state index in [2.05, 4.69) is 10.1 Å². The number of nitrogens with zero attached hydrogens (tertiary/aromatic N) is 4. The Labute approximate surface area is 91.6 Å². The number of nitriles is 1. The standard InChI is InChI=1S/C10H8N4S/c11-6-7-15-10-12-8-14(13-10)9-4-2-1-3-5-9/h1-5,8H,7H2. The zero-order valence-electron chi connectivity index (χ0n) is 7.87. The molecule has 2 aromatic rings. The third kappa shape index (κ3) is 2.36. The Morgan fingerprint density at radius 1 is 1.33 bits per heavy atom. The molecule has 74 valence electrons. The number of para-hydroxylation sites is 1. The molecule has 1 aromatic carbocycles. The number of aromatic nitrogens is 3. The Hall–Kier alpha value is -1.80. The first-order valence-electron chi connectivity index (χ1n) is 4.37. The molecule has 0 fully saturated rings. The zero-order valence-corrected chi connectivity index (χ0v) is 8.68. The molecule has 5 heteroatoms. The van der Waals surface area contributed by atoms with Crippen LogP contribution in [0.4, 0.5) is 0 Å². The third-order valence-electron chi connectivity index (χ3n) is 1.76. The predicted octanol–water partition coefficient (Wildman–Crippen LogP) is 1.88. The SMILES string of the molecule is N#CCSc1ncn(-c2ccccc2)n1. The third-order valence-corrected chi connectivity index (χ3v) is 2.48. The van der Waals surface area contributed by atoms with Crippen LogP contribution in [-0.4, -0.2) is 20.5 Å². The van der Waals surface area contributed by atoms with Crippen molar-refractivity contribution < 1.29 is 0 Å². The second kappa shape index (κ2) is 4.62. The fraction of sp³-hybridized carbons (Fsp3) is 0.100. The van der Waals surface area contributed by atoms with E-state index in [1.165, 1.54) is 11.8 Å². The van der Waals surface area contributed by atoms with E-state index in [0.717, 1.165) is 5.69 Å². The van der Waals surface area contributed by atoms with Crippen LogP contribution in [0.5, 0.6) is 0 Å². The van der Waals surface area contributed by atoms with Gasteiger partial charge in [0, 0.05) is 0 Å². The van der Waals surface area contributed by atoms with E-state index in [0.29, 0.717) is 10.9 Å². The summed E-state index contributed by atoms with van der Waals surface area (Å²) in [5.41, 5.74) is 0.966. The van der Waals surface area contributed by atoms with E-state index in [9.17, 15) is 0 Å². The minimum Gasteiger partial charge on any atom is -0.220 e. The highest BCUT2D eigenvalue weighted by Crippen LogP contribution is 2.12. The van der Waals surface area contributed by atoms with Gasteiger partial charge in [0.25, 0.3) is 0 Å². The van der Waals surface area contributed by atoms with E-state index >= 15 is 0 Å². The van der Waals surface area contributed by atoms with Crippen molar-refractivity contribution in [1.29, 1.82) is 5.26 Å². The van der Waals surface area contributed by atoms with Crippen LogP contribution < -0.4 is 0 Å². The summed E-state index contributed by atoms with van der Waals surface area (Å²) in [6, 6.07) is 11.8. The molecule has 4 nitrogen and oxygen atoms in total. The van der Waals surface area contributed by atoms with Crippen LogP contribution in [0.3, 0.4) is 0 Å². The molecule has 0 aliphatic heterocycles. The van der Waals surface area contributed by atoms with Gasteiger partial charge in [0.15, 0.2) is 0 Å². The van der Waals surface area contributed by atoms with Crippen LogP contribution in [0.2, 0.25) is 0 Å². The van der Waals surface area contributed by atoms with Gasteiger partial charge in [-0.3, -0.25) is 0 Å². The molecule has 0 bridgehead atoms. The summed E-state index contributed by atoms with van der Waals surface area (Å²) in [4.78, 5) is 4.09. The van der Waals surface area contributed by atoms with Gasteiger partial charge in [-0.2, -0.15) is 5.26 Å². The highest BCUT2D eigenvalue weighted by molar-refractivity contribution is 7.99. The van der Waals surface area contributed by atoms with E-state index in [1.807, 2.05) is 36.4 Å². The lowest BCUT2D eigenvalue weighted by Gasteiger charge is -1.97. The zero-order chi connectivity index (χ0) is 10.5. The summed E-state index contributed by atoms with van der Waals surface area (Å²) in [5.74, 6) is 0.374. The lowest BCUT2D eigenvalue weighted by molar-refractivity contribution is 0.835. The van der Waals surface area contributed by atoms with Crippen molar-refractivity contribution in [2.24, 2.45) is 0 Å². The van der Waals surface area contributed by atoms with Crippen LogP contribution in [0.15, 0.2) is 41.8 Å². The Morgan fingerprint density at radius 3 is 2.87 bits per heavy atom. The average Bonchev–Trinajstić information content (AvgIpc) is 2.76. The van der Waals surface area contributed by atoms with E-state index in [4.69, 9.17) is 5.26 Å². The summed E-state index contributed by atoms with van der Waals surface area (Å²) >= 11 is 1.33. The fourth-order valence-electron chi connectivity index (χ4n) is 1.12. The maximum atomic E-state index is 8.42. The smallest absolute Gasteiger partial charge is 0.209 e. The van der Waals surface area contributed by atoms with Crippen molar-refractivity contribution in [2.45, 2.75) is 5.16 Å². The highest BCUT2D eigenvalue weighted by atomic mass is 32.2. The van der Waals surface area contributed by atoms with Gasteiger partial charge in [-0.15, -0.1) is 5.10 Å². The van der Waals surface area contributed by atoms with Crippen LogP contribution in [0.25, 0.3) is 5.69 Å². The summed E-state index contributed by atoms with van der Waals surface area (Å²) in [7, 11) is 0. The number of hydrogen-bond donors (Lipinski definition) is 0. The second-order valence-electron chi connectivity index (χ2n) is 2.75. The number of hydrogen-bond acceptors (Lipinski definition) is 4.